The molecule has 96 valence electrons. The Bertz CT molecular complexity index is 581. The first kappa shape index (κ1) is 13.0. The number of carbonyl (C=O) groups excluding carboxylic acids is 1. The van der Waals surface area contributed by atoms with Crippen LogP contribution in [0.1, 0.15) is 5.82 Å². The lowest BCUT2D eigenvalue weighted by atomic mass is 10.3. The monoisotopic (exact) mass is 324 g/mol. The number of carbonyl (C=O) groups is 1. The first-order chi connectivity index (χ1) is 8.27. The Morgan fingerprint density at radius 1 is 1.39 bits per heavy atom. The average molecular weight is 325 g/mol. The van der Waals surface area contributed by atoms with E-state index in [1.54, 1.807) is 0 Å². The quantitative estimate of drug-likeness (QED) is 0.862. The van der Waals surface area contributed by atoms with Gasteiger partial charge in [0, 0.05) is 6.07 Å². The minimum atomic E-state index is -4.90. The van der Waals surface area contributed by atoms with Crippen molar-refractivity contribution in [2.45, 2.75) is 12.6 Å². The summed E-state index contributed by atoms with van der Waals surface area (Å²) in [5, 5.41) is 0. The number of H-pyrrole nitrogens is 1. The second-order valence-corrected chi connectivity index (χ2v) is 4.42. The molecule has 2 rings (SSSR count). The predicted octanol–water partition coefficient (Wildman–Crippen LogP) is 3.14. The Hall–Kier alpha value is -1.44. The zero-order chi connectivity index (χ0) is 13.5. The Labute approximate surface area is 106 Å². The third-order valence-electron chi connectivity index (χ3n) is 2.22. The molecule has 0 radical (unpaired) electrons. The molecule has 0 spiro atoms. The zero-order valence-corrected chi connectivity index (χ0v) is 10.2. The number of Topliss-reactive ketones (excluding diaryl/α,β-unsaturated/α-hetero) is 1. The smallest absolute Gasteiger partial charge is 0.342 e. The van der Waals surface area contributed by atoms with Crippen LogP contribution in [0.3, 0.4) is 0 Å². The summed E-state index contributed by atoms with van der Waals surface area (Å²) in [7, 11) is 0. The molecule has 1 aromatic carbocycles. The SMILES string of the molecule is O=C(Cc1nc2cc(Br)c(F)cc2[nH]1)C(F)(F)F. The fraction of sp³-hybridized carbons (Fsp3) is 0.200. The molecule has 1 heterocycles. The number of nitrogens with one attached hydrogen (secondary N) is 1. The van der Waals surface area contributed by atoms with Gasteiger partial charge in [0.2, 0.25) is 5.78 Å². The molecule has 0 fully saturated rings. The minimum absolute atomic E-state index is 0.148. The molecule has 2 aromatic rings. The Morgan fingerprint density at radius 3 is 2.67 bits per heavy atom. The van der Waals surface area contributed by atoms with Crippen molar-refractivity contribution in [1.82, 2.24) is 9.97 Å². The second-order valence-electron chi connectivity index (χ2n) is 3.56. The lowest BCUT2D eigenvalue weighted by Gasteiger charge is -2.01. The number of ketones is 1. The fourth-order valence-corrected chi connectivity index (χ4v) is 1.73. The van der Waals surface area contributed by atoms with Gasteiger partial charge in [0.25, 0.3) is 0 Å². The van der Waals surface area contributed by atoms with Gasteiger partial charge >= 0.3 is 6.18 Å². The number of fused-ring (bicyclic) bond motifs is 1. The highest BCUT2D eigenvalue weighted by molar-refractivity contribution is 9.10. The van der Waals surface area contributed by atoms with Crippen LogP contribution in [0.4, 0.5) is 17.6 Å². The summed E-state index contributed by atoms with van der Waals surface area (Å²) in [5.74, 6) is -2.62. The summed E-state index contributed by atoms with van der Waals surface area (Å²) in [6, 6.07) is 2.41. The Balaban J connectivity index is 2.34. The van der Waals surface area contributed by atoms with Crippen LogP contribution in [-0.2, 0) is 11.2 Å². The standard InChI is InChI=1S/C10H5BrF4N2O/c11-4-1-6-7(2-5(4)12)17-9(16-6)3-8(18)10(13,14)15/h1-2H,3H2,(H,16,17). The second kappa shape index (κ2) is 4.34. The summed E-state index contributed by atoms with van der Waals surface area (Å²) in [6.45, 7) is 0. The van der Waals surface area contributed by atoms with Crippen LogP contribution in [0.2, 0.25) is 0 Å². The van der Waals surface area contributed by atoms with Crippen molar-refractivity contribution >= 4 is 32.7 Å². The maximum Gasteiger partial charge on any atom is 0.450 e. The van der Waals surface area contributed by atoms with Crippen LogP contribution in [0.15, 0.2) is 16.6 Å². The largest absolute Gasteiger partial charge is 0.450 e. The van der Waals surface area contributed by atoms with E-state index in [-0.39, 0.29) is 21.3 Å². The van der Waals surface area contributed by atoms with Gasteiger partial charge in [0.05, 0.1) is 21.9 Å². The topological polar surface area (TPSA) is 45.8 Å². The highest BCUT2D eigenvalue weighted by Gasteiger charge is 2.38. The van der Waals surface area contributed by atoms with Crippen molar-refractivity contribution in [2.75, 3.05) is 0 Å². The Kier molecular flexibility index (Phi) is 3.14. The summed E-state index contributed by atoms with van der Waals surface area (Å²) in [6.07, 6.45) is -5.79. The van der Waals surface area contributed by atoms with E-state index in [4.69, 9.17) is 0 Å². The summed E-state index contributed by atoms with van der Waals surface area (Å²) in [4.78, 5) is 17.0. The highest BCUT2D eigenvalue weighted by Crippen LogP contribution is 2.23. The van der Waals surface area contributed by atoms with Crippen LogP contribution in [-0.4, -0.2) is 21.9 Å². The van der Waals surface area contributed by atoms with E-state index in [1.807, 2.05) is 0 Å². The van der Waals surface area contributed by atoms with E-state index in [2.05, 4.69) is 25.9 Å². The van der Waals surface area contributed by atoms with Gasteiger partial charge in [-0.3, -0.25) is 4.79 Å². The van der Waals surface area contributed by atoms with E-state index in [9.17, 15) is 22.4 Å². The lowest BCUT2D eigenvalue weighted by Crippen LogP contribution is -2.24. The molecule has 0 aliphatic carbocycles. The van der Waals surface area contributed by atoms with Crippen LogP contribution in [0.5, 0.6) is 0 Å². The molecule has 0 aliphatic rings. The third kappa shape index (κ3) is 2.53. The fourth-order valence-electron chi connectivity index (χ4n) is 1.39. The maximum absolute atomic E-state index is 13.2. The molecule has 0 atom stereocenters. The van der Waals surface area contributed by atoms with E-state index >= 15 is 0 Å². The predicted molar refractivity (Wildman–Crippen MR) is 58.5 cm³/mol. The molecule has 0 amide bonds. The van der Waals surface area contributed by atoms with Gasteiger partial charge in [-0.1, -0.05) is 0 Å². The van der Waals surface area contributed by atoms with Crippen LogP contribution in [0.25, 0.3) is 11.0 Å². The molecule has 0 saturated carbocycles. The van der Waals surface area contributed by atoms with E-state index in [0.29, 0.717) is 0 Å². The number of aromatic nitrogens is 2. The number of nitrogens with zero attached hydrogens (tertiary/aromatic N) is 1. The van der Waals surface area contributed by atoms with Crippen molar-refractivity contribution in [3.05, 3.63) is 28.2 Å². The van der Waals surface area contributed by atoms with Gasteiger partial charge in [-0.25, -0.2) is 9.37 Å². The first-order valence-electron chi connectivity index (χ1n) is 4.71. The van der Waals surface area contributed by atoms with Crippen molar-refractivity contribution in [1.29, 1.82) is 0 Å². The molecule has 0 aliphatic heterocycles. The molecule has 1 N–H and O–H groups in total. The number of hydrogen-bond acceptors (Lipinski definition) is 2. The number of imidazole rings is 1. The van der Waals surface area contributed by atoms with Crippen LogP contribution < -0.4 is 0 Å². The summed E-state index contributed by atoms with van der Waals surface area (Å²) in [5.41, 5.74) is 0.522. The molecule has 0 unspecified atom stereocenters. The van der Waals surface area contributed by atoms with Gasteiger partial charge in [-0.15, -0.1) is 0 Å². The van der Waals surface area contributed by atoms with E-state index < -0.39 is 24.2 Å². The van der Waals surface area contributed by atoms with E-state index in [1.165, 1.54) is 6.07 Å². The minimum Gasteiger partial charge on any atom is -0.342 e. The first-order valence-corrected chi connectivity index (χ1v) is 5.50. The lowest BCUT2D eigenvalue weighted by molar-refractivity contribution is -0.170. The Morgan fingerprint density at radius 2 is 2.06 bits per heavy atom. The van der Waals surface area contributed by atoms with Gasteiger partial charge in [-0.2, -0.15) is 13.2 Å². The number of halogens is 5. The van der Waals surface area contributed by atoms with Crippen LogP contribution in [0, 0.1) is 5.82 Å². The van der Waals surface area contributed by atoms with Crippen molar-refractivity contribution in [2.24, 2.45) is 0 Å². The zero-order valence-electron chi connectivity index (χ0n) is 8.61. The average Bonchev–Trinajstić information content (AvgIpc) is 2.59. The van der Waals surface area contributed by atoms with Crippen molar-refractivity contribution in [3.63, 3.8) is 0 Å². The molecule has 8 heteroatoms. The van der Waals surface area contributed by atoms with Gasteiger partial charge in [0.15, 0.2) is 0 Å². The van der Waals surface area contributed by atoms with Crippen molar-refractivity contribution in [3.8, 4) is 0 Å². The van der Waals surface area contributed by atoms with Gasteiger partial charge in [-0.05, 0) is 22.0 Å². The highest BCUT2D eigenvalue weighted by atomic mass is 79.9. The maximum atomic E-state index is 13.2. The molecule has 0 bridgehead atoms. The number of hydrogen-bond donors (Lipinski definition) is 1. The number of alkyl halides is 3. The number of benzene rings is 1. The van der Waals surface area contributed by atoms with Crippen molar-refractivity contribution < 1.29 is 22.4 Å². The molecule has 3 nitrogen and oxygen atoms in total. The normalized spacial score (nSPS) is 12.1. The number of rotatable bonds is 2. The molecule has 0 saturated heterocycles. The third-order valence-corrected chi connectivity index (χ3v) is 2.82. The molecular formula is C10H5BrF4N2O. The summed E-state index contributed by atoms with van der Waals surface area (Å²) >= 11 is 2.93. The van der Waals surface area contributed by atoms with Gasteiger partial charge in [0.1, 0.15) is 11.6 Å². The van der Waals surface area contributed by atoms with Crippen LogP contribution >= 0.6 is 15.9 Å². The number of aromatic amines is 1. The molecule has 18 heavy (non-hydrogen) atoms. The molecular weight excluding hydrogens is 320 g/mol. The van der Waals surface area contributed by atoms with E-state index in [0.717, 1.165) is 6.07 Å². The van der Waals surface area contributed by atoms with Gasteiger partial charge < -0.3 is 4.98 Å². The molecule has 1 aromatic heterocycles. The summed E-state index contributed by atoms with van der Waals surface area (Å²) < 4.78 is 49.5.